The zero-order valence-electron chi connectivity index (χ0n) is 9.44. The Morgan fingerprint density at radius 2 is 1.88 bits per heavy atom. The predicted octanol–water partition coefficient (Wildman–Crippen LogP) is 0.920. The van der Waals surface area contributed by atoms with Crippen molar-refractivity contribution in [3.8, 4) is 18.2 Å². The fourth-order valence-corrected chi connectivity index (χ4v) is 2.49. The summed E-state index contributed by atoms with van der Waals surface area (Å²) in [6.07, 6.45) is 0. The van der Waals surface area contributed by atoms with Crippen LogP contribution >= 0.6 is 0 Å². The summed E-state index contributed by atoms with van der Waals surface area (Å²) in [5.41, 5.74) is -3.24. The van der Waals surface area contributed by atoms with Crippen LogP contribution < -0.4 is 0 Å². The Bertz CT molecular complexity index is 509. The molecule has 3 rings (SSSR count). The van der Waals surface area contributed by atoms with E-state index in [1.54, 1.807) is 13.8 Å². The summed E-state index contributed by atoms with van der Waals surface area (Å²) in [5.74, 6) is -2.16. The van der Waals surface area contributed by atoms with Crippen LogP contribution in [0.3, 0.4) is 0 Å². The molecule has 0 radical (unpaired) electrons. The zero-order valence-corrected chi connectivity index (χ0v) is 9.44. The van der Waals surface area contributed by atoms with Crippen molar-refractivity contribution in [2.24, 2.45) is 16.7 Å². The van der Waals surface area contributed by atoms with Gasteiger partial charge in [-0.05, 0) is 0 Å². The molecular formula is C11H10N4O2. The van der Waals surface area contributed by atoms with E-state index in [-0.39, 0.29) is 12.5 Å². The quantitative estimate of drug-likeness (QED) is 0.664. The normalized spacial score (nSPS) is 41.8. The van der Waals surface area contributed by atoms with Crippen LogP contribution in [0.5, 0.6) is 0 Å². The lowest BCUT2D eigenvalue weighted by Gasteiger charge is -2.57. The van der Waals surface area contributed by atoms with Gasteiger partial charge in [-0.2, -0.15) is 15.8 Å². The standard InChI is InChI=1S/C11H10N4O2/c1-7-9(2)16-6-11(5-14,8(15)17-9)10(7,3-12)4-13/h7,15H,6H2,1-2H3/t7-,9+,11+/m1/s1. The van der Waals surface area contributed by atoms with Gasteiger partial charge >= 0.3 is 0 Å². The Hall–Kier alpha value is -2.10. The highest BCUT2D eigenvalue weighted by Crippen LogP contribution is 2.58. The lowest BCUT2D eigenvalue weighted by molar-refractivity contribution is -0.304. The molecule has 0 unspecified atom stereocenters. The molecule has 3 saturated heterocycles. The van der Waals surface area contributed by atoms with Crippen molar-refractivity contribution in [3.63, 3.8) is 0 Å². The second-order valence-electron chi connectivity index (χ2n) is 4.51. The minimum absolute atomic E-state index is 0.162. The van der Waals surface area contributed by atoms with Crippen molar-refractivity contribution in [3.05, 3.63) is 0 Å². The maximum absolute atomic E-state index is 9.33. The smallest absolute Gasteiger partial charge is 0.214 e. The highest BCUT2D eigenvalue weighted by molar-refractivity contribution is 5.87. The highest BCUT2D eigenvalue weighted by Gasteiger charge is 2.74. The molecule has 3 atom stereocenters. The van der Waals surface area contributed by atoms with Gasteiger partial charge < -0.3 is 9.47 Å². The topological polar surface area (TPSA) is 114 Å². The second-order valence-corrected chi connectivity index (χ2v) is 4.51. The SMILES string of the molecule is C[C@H]1C(C#N)(C#N)[C@@]2(C#N)CO[C@@]1(C)OC2=N. The number of hydrogen-bond donors (Lipinski definition) is 1. The van der Waals surface area contributed by atoms with Crippen LogP contribution in [0.2, 0.25) is 0 Å². The van der Waals surface area contributed by atoms with Crippen LogP contribution in [-0.2, 0) is 9.47 Å². The number of hydrogen-bond acceptors (Lipinski definition) is 6. The van der Waals surface area contributed by atoms with Crippen LogP contribution in [0.4, 0.5) is 0 Å². The van der Waals surface area contributed by atoms with Gasteiger partial charge in [-0.3, -0.25) is 5.41 Å². The van der Waals surface area contributed by atoms with Crippen LogP contribution in [0.1, 0.15) is 13.8 Å². The predicted molar refractivity (Wildman–Crippen MR) is 54.0 cm³/mol. The molecule has 0 aromatic carbocycles. The molecule has 3 aliphatic heterocycles. The first-order valence-corrected chi connectivity index (χ1v) is 5.08. The van der Waals surface area contributed by atoms with Crippen molar-refractivity contribution >= 4 is 5.90 Å². The lowest BCUT2D eigenvalue weighted by atomic mass is 9.54. The van der Waals surface area contributed by atoms with E-state index < -0.39 is 22.5 Å². The fourth-order valence-electron chi connectivity index (χ4n) is 2.49. The molecule has 3 aliphatic rings. The van der Waals surface area contributed by atoms with E-state index in [0.29, 0.717) is 0 Å². The molecule has 0 aromatic heterocycles. The summed E-state index contributed by atoms with van der Waals surface area (Å²) < 4.78 is 10.7. The molecule has 86 valence electrons. The van der Waals surface area contributed by atoms with E-state index in [9.17, 15) is 15.8 Å². The van der Waals surface area contributed by atoms with Gasteiger partial charge in [-0.25, -0.2) is 0 Å². The molecule has 2 bridgehead atoms. The molecule has 6 nitrogen and oxygen atoms in total. The maximum atomic E-state index is 9.33. The van der Waals surface area contributed by atoms with Gasteiger partial charge in [0, 0.05) is 6.92 Å². The van der Waals surface area contributed by atoms with E-state index in [1.807, 2.05) is 18.2 Å². The summed E-state index contributed by atoms with van der Waals surface area (Å²) >= 11 is 0. The molecule has 0 amide bonds. The van der Waals surface area contributed by atoms with Gasteiger partial charge in [0.2, 0.25) is 11.7 Å². The van der Waals surface area contributed by atoms with E-state index in [0.717, 1.165) is 0 Å². The van der Waals surface area contributed by atoms with E-state index in [2.05, 4.69) is 0 Å². The molecular weight excluding hydrogens is 220 g/mol. The summed E-state index contributed by atoms with van der Waals surface area (Å²) in [6, 6.07) is 5.70. The number of nitrogens with zero attached hydrogens (tertiary/aromatic N) is 3. The van der Waals surface area contributed by atoms with Gasteiger partial charge in [0.15, 0.2) is 10.8 Å². The lowest BCUT2D eigenvalue weighted by Crippen LogP contribution is -2.70. The second kappa shape index (κ2) is 2.97. The van der Waals surface area contributed by atoms with Gasteiger partial charge in [-0.15, -0.1) is 0 Å². The van der Waals surface area contributed by atoms with E-state index >= 15 is 0 Å². The minimum atomic E-state index is -1.63. The number of ether oxygens (including phenoxy) is 2. The third-order valence-corrected chi connectivity index (χ3v) is 3.92. The Labute approximate surface area is 98.5 Å². The third kappa shape index (κ3) is 0.934. The zero-order chi connectivity index (χ0) is 12.9. The number of nitrogens with one attached hydrogen (secondary N) is 1. The number of fused-ring (bicyclic) bond motifs is 3. The summed E-state index contributed by atoms with van der Waals surface area (Å²) in [5, 5.41) is 35.7. The average Bonchev–Trinajstić information content (AvgIpc) is 2.32. The molecule has 0 aliphatic carbocycles. The van der Waals surface area contributed by atoms with E-state index in [4.69, 9.17) is 14.9 Å². The number of rotatable bonds is 0. The van der Waals surface area contributed by atoms with Crippen molar-refractivity contribution in [2.75, 3.05) is 6.61 Å². The van der Waals surface area contributed by atoms with Gasteiger partial charge in [0.05, 0.1) is 30.7 Å². The van der Waals surface area contributed by atoms with Gasteiger partial charge in [-0.1, -0.05) is 6.92 Å². The summed E-state index contributed by atoms with van der Waals surface area (Å²) in [6.45, 7) is 3.05. The minimum Gasteiger partial charge on any atom is -0.448 e. The van der Waals surface area contributed by atoms with Gasteiger partial charge in [0.1, 0.15) is 0 Å². The molecule has 0 spiro atoms. The first-order valence-electron chi connectivity index (χ1n) is 5.08. The van der Waals surface area contributed by atoms with Gasteiger partial charge in [0.25, 0.3) is 0 Å². The summed E-state index contributed by atoms with van der Waals surface area (Å²) in [4.78, 5) is 0. The highest BCUT2D eigenvalue weighted by atomic mass is 16.7. The molecule has 0 aromatic rings. The Balaban J connectivity index is 2.75. The first-order chi connectivity index (χ1) is 7.92. The molecule has 3 heterocycles. The first kappa shape index (κ1) is 11.4. The summed E-state index contributed by atoms with van der Waals surface area (Å²) in [7, 11) is 0. The molecule has 0 saturated carbocycles. The molecule has 17 heavy (non-hydrogen) atoms. The van der Waals surface area contributed by atoms with Crippen LogP contribution in [-0.4, -0.2) is 18.3 Å². The van der Waals surface area contributed by atoms with Crippen LogP contribution in [0, 0.1) is 56.2 Å². The maximum Gasteiger partial charge on any atom is 0.214 e. The van der Waals surface area contributed by atoms with Crippen LogP contribution in [0.15, 0.2) is 0 Å². The average molecular weight is 230 g/mol. The molecule has 1 N–H and O–H groups in total. The molecule has 6 heteroatoms. The van der Waals surface area contributed by atoms with Crippen molar-refractivity contribution in [2.45, 2.75) is 19.6 Å². The molecule has 3 fully saturated rings. The van der Waals surface area contributed by atoms with Crippen molar-refractivity contribution in [1.82, 2.24) is 0 Å². The Morgan fingerprint density at radius 3 is 2.29 bits per heavy atom. The third-order valence-electron chi connectivity index (χ3n) is 3.92. The van der Waals surface area contributed by atoms with Crippen molar-refractivity contribution in [1.29, 1.82) is 21.2 Å². The van der Waals surface area contributed by atoms with E-state index in [1.165, 1.54) is 0 Å². The number of nitriles is 3. The largest absolute Gasteiger partial charge is 0.448 e. The van der Waals surface area contributed by atoms with Crippen LogP contribution in [0.25, 0.3) is 0 Å². The Morgan fingerprint density at radius 1 is 1.29 bits per heavy atom. The fraction of sp³-hybridized carbons (Fsp3) is 0.636. The van der Waals surface area contributed by atoms with Crippen molar-refractivity contribution < 1.29 is 9.47 Å². The Kier molecular flexibility index (Phi) is 1.99. The monoisotopic (exact) mass is 230 g/mol.